The largest absolute Gasteiger partial charge is 0.273 e. The maximum Gasteiger partial charge on any atom is 0.240 e. The number of rotatable bonds is 13. The molecule has 0 rings (SSSR count). The number of unbranched alkanes of at least 4 members (excludes halogenated alkanes) is 3. The van der Waals surface area contributed by atoms with E-state index in [1.807, 2.05) is 13.8 Å². The predicted molar refractivity (Wildman–Crippen MR) is 109 cm³/mol. The van der Waals surface area contributed by atoms with Crippen molar-refractivity contribution in [3.8, 4) is 0 Å². The van der Waals surface area contributed by atoms with Crippen LogP contribution in [0.4, 0.5) is 0 Å². The van der Waals surface area contributed by atoms with E-state index in [-0.39, 0.29) is 11.8 Å². The molecule has 0 aliphatic rings. The van der Waals surface area contributed by atoms with Crippen LogP contribution in [-0.2, 0) is 9.59 Å². The molecule has 150 valence electrons. The minimum absolute atomic E-state index is 0.0409. The lowest BCUT2D eigenvalue weighted by Crippen LogP contribution is -2.19. The molecule has 0 aliphatic heterocycles. The Labute approximate surface area is 159 Å². The number of hydrogen-bond acceptors (Lipinski definition) is 4. The third-order valence-electron chi connectivity index (χ3n) is 3.71. The second kappa shape index (κ2) is 14.4. The molecule has 6 heteroatoms. The molecule has 2 amide bonds. The highest BCUT2D eigenvalue weighted by Crippen LogP contribution is 2.06. The van der Waals surface area contributed by atoms with Crippen LogP contribution in [0, 0.1) is 11.8 Å². The van der Waals surface area contributed by atoms with Crippen LogP contribution in [0.3, 0.4) is 0 Å². The minimum Gasteiger partial charge on any atom is -0.273 e. The van der Waals surface area contributed by atoms with Crippen molar-refractivity contribution >= 4 is 23.2 Å². The standard InChI is InChI=1S/C20H38N4O2/c1-15(2)13-17(5)21-23-19(25)11-9-7-8-10-12-20(26)24-22-18(6)14-16(3)4/h15-16H,7-14H2,1-6H3,(H,23,25)(H,24,26). The van der Waals surface area contributed by atoms with E-state index in [0.717, 1.165) is 49.9 Å². The van der Waals surface area contributed by atoms with Gasteiger partial charge in [-0.3, -0.25) is 9.59 Å². The van der Waals surface area contributed by atoms with E-state index in [2.05, 4.69) is 48.7 Å². The van der Waals surface area contributed by atoms with E-state index >= 15 is 0 Å². The lowest BCUT2D eigenvalue weighted by Gasteiger charge is -2.05. The molecule has 0 aromatic rings. The van der Waals surface area contributed by atoms with Gasteiger partial charge >= 0.3 is 0 Å². The summed E-state index contributed by atoms with van der Waals surface area (Å²) in [6, 6.07) is 0. The Hall–Kier alpha value is -1.72. The zero-order chi connectivity index (χ0) is 19.9. The van der Waals surface area contributed by atoms with Crippen molar-refractivity contribution in [1.82, 2.24) is 10.9 Å². The average Bonchev–Trinajstić information content (AvgIpc) is 2.53. The molecule has 0 saturated carbocycles. The number of hydrogen-bond donors (Lipinski definition) is 2. The molecule has 0 unspecified atom stereocenters. The van der Waals surface area contributed by atoms with E-state index in [4.69, 9.17) is 0 Å². The summed E-state index contributed by atoms with van der Waals surface area (Å²) < 4.78 is 0. The fraction of sp³-hybridized carbons (Fsp3) is 0.800. The number of carbonyl (C=O) groups excluding carboxylic acids is 2. The van der Waals surface area contributed by atoms with Crippen LogP contribution in [0.15, 0.2) is 10.2 Å². The Morgan fingerprint density at radius 3 is 1.35 bits per heavy atom. The normalized spacial score (nSPS) is 12.6. The van der Waals surface area contributed by atoms with Gasteiger partial charge in [-0.25, -0.2) is 10.9 Å². The highest BCUT2D eigenvalue weighted by atomic mass is 16.2. The Bertz CT molecular complexity index is 438. The zero-order valence-electron chi connectivity index (χ0n) is 17.5. The molecule has 26 heavy (non-hydrogen) atoms. The van der Waals surface area contributed by atoms with Crippen LogP contribution in [0.2, 0.25) is 0 Å². The molecule has 2 N–H and O–H groups in total. The first kappa shape index (κ1) is 24.3. The van der Waals surface area contributed by atoms with Crippen molar-refractivity contribution in [2.75, 3.05) is 0 Å². The van der Waals surface area contributed by atoms with Crippen molar-refractivity contribution in [3.05, 3.63) is 0 Å². The summed E-state index contributed by atoms with van der Waals surface area (Å²) in [5.74, 6) is 0.997. The molecular weight excluding hydrogens is 328 g/mol. The lowest BCUT2D eigenvalue weighted by atomic mass is 10.1. The number of nitrogens with one attached hydrogen (secondary N) is 2. The van der Waals surface area contributed by atoms with Crippen LogP contribution in [-0.4, -0.2) is 23.2 Å². The Morgan fingerprint density at radius 1 is 0.692 bits per heavy atom. The molecule has 0 radical (unpaired) electrons. The van der Waals surface area contributed by atoms with Gasteiger partial charge in [0.15, 0.2) is 0 Å². The molecular formula is C20H38N4O2. The molecule has 0 saturated heterocycles. The molecule has 0 aliphatic carbocycles. The van der Waals surface area contributed by atoms with Crippen molar-refractivity contribution in [2.24, 2.45) is 22.0 Å². The van der Waals surface area contributed by atoms with Crippen LogP contribution in [0.1, 0.15) is 92.9 Å². The summed E-state index contributed by atoms with van der Waals surface area (Å²) in [7, 11) is 0. The second-order valence-electron chi connectivity index (χ2n) is 7.87. The minimum atomic E-state index is -0.0409. The molecule has 0 heterocycles. The number of nitrogens with zero attached hydrogens (tertiary/aromatic N) is 2. The van der Waals surface area contributed by atoms with Gasteiger partial charge in [0.1, 0.15) is 0 Å². The zero-order valence-corrected chi connectivity index (χ0v) is 17.5. The highest BCUT2D eigenvalue weighted by molar-refractivity contribution is 5.85. The molecule has 0 atom stereocenters. The maximum absolute atomic E-state index is 11.7. The third-order valence-corrected chi connectivity index (χ3v) is 3.71. The number of hydrazone groups is 2. The van der Waals surface area contributed by atoms with Crippen molar-refractivity contribution in [2.45, 2.75) is 92.9 Å². The van der Waals surface area contributed by atoms with E-state index in [0.29, 0.717) is 24.7 Å². The Morgan fingerprint density at radius 2 is 1.04 bits per heavy atom. The van der Waals surface area contributed by atoms with Crippen LogP contribution in [0.25, 0.3) is 0 Å². The monoisotopic (exact) mass is 366 g/mol. The molecule has 0 aromatic heterocycles. The summed E-state index contributed by atoms with van der Waals surface area (Å²) in [6.45, 7) is 12.4. The Balaban J connectivity index is 3.72. The second-order valence-corrected chi connectivity index (χ2v) is 7.87. The Kier molecular flexibility index (Phi) is 13.5. The summed E-state index contributed by atoms with van der Waals surface area (Å²) in [6.07, 6.45) is 6.24. The fourth-order valence-corrected chi connectivity index (χ4v) is 2.62. The van der Waals surface area contributed by atoms with Crippen LogP contribution < -0.4 is 10.9 Å². The van der Waals surface area contributed by atoms with Gasteiger partial charge in [-0.15, -0.1) is 0 Å². The van der Waals surface area contributed by atoms with Gasteiger partial charge < -0.3 is 0 Å². The number of amides is 2. The summed E-state index contributed by atoms with van der Waals surface area (Å²) in [5.41, 5.74) is 7.11. The lowest BCUT2D eigenvalue weighted by molar-refractivity contribution is -0.122. The van der Waals surface area contributed by atoms with Gasteiger partial charge in [0, 0.05) is 24.3 Å². The fourth-order valence-electron chi connectivity index (χ4n) is 2.62. The van der Waals surface area contributed by atoms with Crippen LogP contribution >= 0.6 is 0 Å². The van der Waals surface area contributed by atoms with Gasteiger partial charge in [0.05, 0.1) is 0 Å². The van der Waals surface area contributed by atoms with E-state index in [9.17, 15) is 9.59 Å². The maximum atomic E-state index is 11.7. The average molecular weight is 367 g/mol. The first-order valence-corrected chi connectivity index (χ1v) is 9.84. The smallest absolute Gasteiger partial charge is 0.240 e. The molecule has 0 bridgehead atoms. The topological polar surface area (TPSA) is 82.9 Å². The molecule has 6 nitrogen and oxygen atoms in total. The van der Waals surface area contributed by atoms with Gasteiger partial charge in [0.25, 0.3) is 0 Å². The first-order chi connectivity index (χ1) is 12.2. The summed E-state index contributed by atoms with van der Waals surface area (Å²) >= 11 is 0. The van der Waals surface area contributed by atoms with Crippen molar-refractivity contribution in [1.29, 1.82) is 0 Å². The molecule has 0 spiro atoms. The van der Waals surface area contributed by atoms with Crippen LogP contribution in [0.5, 0.6) is 0 Å². The van der Waals surface area contributed by atoms with Gasteiger partial charge in [-0.2, -0.15) is 10.2 Å². The molecule has 0 fully saturated rings. The highest BCUT2D eigenvalue weighted by Gasteiger charge is 2.04. The van der Waals surface area contributed by atoms with Gasteiger partial charge in [-0.05, 0) is 51.4 Å². The van der Waals surface area contributed by atoms with Crippen molar-refractivity contribution in [3.63, 3.8) is 0 Å². The third kappa shape index (κ3) is 15.8. The van der Waals surface area contributed by atoms with E-state index in [1.165, 1.54) is 0 Å². The van der Waals surface area contributed by atoms with E-state index in [1.54, 1.807) is 0 Å². The first-order valence-electron chi connectivity index (χ1n) is 9.84. The molecule has 0 aromatic carbocycles. The van der Waals surface area contributed by atoms with E-state index < -0.39 is 0 Å². The summed E-state index contributed by atoms with van der Waals surface area (Å²) in [5, 5.41) is 8.21. The quantitative estimate of drug-likeness (QED) is 0.288. The SMILES string of the molecule is CC(CC(C)C)=NNC(=O)CCCCCCC(=O)NN=C(C)CC(C)C. The van der Waals surface area contributed by atoms with Gasteiger partial charge in [-0.1, -0.05) is 40.5 Å². The van der Waals surface area contributed by atoms with Gasteiger partial charge in [0.2, 0.25) is 11.8 Å². The van der Waals surface area contributed by atoms with Crippen molar-refractivity contribution < 1.29 is 9.59 Å². The number of carbonyl (C=O) groups is 2. The summed E-state index contributed by atoms with van der Waals surface area (Å²) in [4.78, 5) is 23.4. The predicted octanol–water partition coefficient (Wildman–Crippen LogP) is 4.40.